The highest BCUT2D eigenvalue weighted by Gasteiger charge is 1.92. The predicted molar refractivity (Wildman–Crippen MR) is 27.5 cm³/mol. The molecule has 0 atom stereocenters. The van der Waals surface area contributed by atoms with Gasteiger partial charge in [0.05, 0.1) is 0 Å². The third kappa shape index (κ3) is 0.362. The summed E-state index contributed by atoms with van der Waals surface area (Å²) < 4.78 is 1.57. The van der Waals surface area contributed by atoms with Gasteiger partial charge in [0.1, 0.15) is 6.33 Å². The van der Waals surface area contributed by atoms with Crippen molar-refractivity contribution in [2.24, 2.45) is 0 Å². The van der Waals surface area contributed by atoms with Gasteiger partial charge in [-0.1, -0.05) is 11.3 Å². The molecule has 2 aromatic heterocycles. The molecule has 0 bridgehead atoms. The molecule has 0 saturated heterocycles. The van der Waals surface area contributed by atoms with Crippen LogP contribution in [0.3, 0.4) is 0 Å². The summed E-state index contributed by atoms with van der Waals surface area (Å²) in [7, 11) is 0. The summed E-state index contributed by atoms with van der Waals surface area (Å²) in [6, 6.07) is 0. The molecule has 5 heteroatoms. The van der Waals surface area contributed by atoms with Crippen molar-refractivity contribution in [1.82, 2.24) is 19.8 Å². The average molecular weight is 125 g/mol. The van der Waals surface area contributed by atoms with E-state index in [1.165, 1.54) is 11.3 Å². The van der Waals surface area contributed by atoms with Crippen LogP contribution >= 0.6 is 11.3 Å². The molecule has 0 N–H and O–H groups in total. The molecule has 2 heterocycles. The molecule has 2 aromatic rings. The number of hydrogen-bond acceptors (Lipinski definition) is 4. The quantitative estimate of drug-likeness (QED) is 0.497. The molecule has 2 rings (SSSR count). The summed E-state index contributed by atoms with van der Waals surface area (Å²) in [5, 5.41) is 11.1. The Bertz CT molecular complexity index is 233. The van der Waals surface area contributed by atoms with Crippen molar-refractivity contribution in [2.75, 3.05) is 0 Å². The highest BCUT2D eigenvalue weighted by atomic mass is 32.1. The zero-order valence-corrected chi connectivity index (χ0v) is 4.59. The van der Waals surface area contributed by atoms with Crippen molar-refractivity contribution in [2.45, 2.75) is 0 Å². The van der Waals surface area contributed by atoms with E-state index in [2.05, 4.69) is 20.8 Å². The third-order valence-electron chi connectivity index (χ3n) is 0.786. The summed E-state index contributed by atoms with van der Waals surface area (Å²) >= 11 is 1.35. The SMILES string of the molecule is [c]1nn2cnnc2s1. The van der Waals surface area contributed by atoms with E-state index in [1.54, 1.807) is 10.8 Å². The van der Waals surface area contributed by atoms with Crippen LogP contribution in [0.1, 0.15) is 0 Å². The predicted octanol–water partition coefficient (Wildman–Crippen LogP) is -0.0140. The molecular formula is C3HN4S. The summed E-state index contributed by atoms with van der Waals surface area (Å²) in [6.07, 6.45) is 1.54. The second-order valence-corrected chi connectivity index (χ2v) is 2.00. The van der Waals surface area contributed by atoms with Gasteiger partial charge in [0, 0.05) is 0 Å². The molecule has 4 nitrogen and oxygen atoms in total. The first kappa shape index (κ1) is 3.96. The normalized spacial score (nSPS) is 10.5. The summed E-state index contributed by atoms with van der Waals surface area (Å²) in [5.41, 5.74) is 2.67. The van der Waals surface area contributed by atoms with Crippen molar-refractivity contribution in [3.05, 3.63) is 11.8 Å². The van der Waals surface area contributed by atoms with Crippen LogP contribution in [-0.2, 0) is 0 Å². The van der Waals surface area contributed by atoms with Crippen molar-refractivity contribution >= 4 is 16.3 Å². The molecule has 39 valence electrons. The smallest absolute Gasteiger partial charge is 0.190 e. The van der Waals surface area contributed by atoms with E-state index < -0.39 is 0 Å². The first-order valence-electron chi connectivity index (χ1n) is 2.00. The van der Waals surface area contributed by atoms with Crippen molar-refractivity contribution in [1.29, 1.82) is 0 Å². The van der Waals surface area contributed by atoms with E-state index in [0.717, 1.165) is 4.96 Å². The lowest BCUT2D eigenvalue weighted by molar-refractivity contribution is 0.951. The maximum Gasteiger partial charge on any atom is 0.234 e. The zero-order valence-electron chi connectivity index (χ0n) is 3.77. The summed E-state index contributed by atoms with van der Waals surface area (Å²) in [5.74, 6) is 0. The van der Waals surface area contributed by atoms with Crippen LogP contribution in [0.4, 0.5) is 0 Å². The Morgan fingerprint density at radius 3 is 3.62 bits per heavy atom. The van der Waals surface area contributed by atoms with E-state index in [9.17, 15) is 0 Å². The fraction of sp³-hybridized carbons (Fsp3) is 0. The standard InChI is InChI=1S/C3HN4S/c1-4-6-3-7(1)5-2-8-3/h1H. The number of nitrogens with zero attached hydrogens (tertiary/aromatic N) is 4. The van der Waals surface area contributed by atoms with E-state index in [4.69, 9.17) is 0 Å². The van der Waals surface area contributed by atoms with Gasteiger partial charge in [0.2, 0.25) is 4.96 Å². The van der Waals surface area contributed by atoms with Crippen molar-refractivity contribution < 1.29 is 0 Å². The molecule has 0 spiro atoms. The maximum atomic E-state index is 3.76. The Morgan fingerprint density at radius 2 is 2.75 bits per heavy atom. The van der Waals surface area contributed by atoms with Gasteiger partial charge < -0.3 is 0 Å². The van der Waals surface area contributed by atoms with Crippen molar-refractivity contribution in [3.63, 3.8) is 0 Å². The second-order valence-electron chi connectivity index (χ2n) is 1.25. The molecule has 1 radical (unpaired) electrons. The highest BCUT2D eigenvalue weighted by Crippen LogP contribution is 2.00. The molecule has 0 aliphatic rings. The Kier molecular flexibility index (Phi) is 0.621. The number of rotatable bonds is 0. The van der Waals surface area contributed by atoms with E-state index in [0.29, 0.717) is 0 Å². The molecule has 0 fully saturated rings. The van der Waals surface area contributed by atoms with Gasteiger partial charge in [0.15, 0.2) is 5.51 Å². The van der Waals surface area contributed by atoms with Gasteiger partial charge >= 0.3 is 0 Å². The highest BCUT2D eigenvalue weighted by molar-refractivity contribution is 7.14. The Balaban J connectivity index is 3.06. The zero-order chi connectivity index (χ0) is 5.40. The van der Waals surface area contributed by atoms with Gasteiger partial charge in [0.25, 0.3) is 0 Å². The largest absolute Gasteiger partial charge is 0.234 e. The topological polar surface area (TPSA) is 43.1 Å². The minimum atomic E-state index is 0.782. The molecule has 0 aliphatic carbocycles. The van der Waals surface area contributed by atoms with Crippen LogP contribution in [0, 0.1) is 5.51 Å². The van der Waals surface area contributed by atoms with Gasteiger partial charge in [-0.05, 0) is 0 Å². The van der Waals surface area contributed by atoms with Gasteiger partial charge in [-0.25, -0.2) is 0 Å². The number of hydrogen-bond donors (Lipinski definition) is 0. The minimum absolute atomic E-state index is 0.782. The van der Waals surface area contributed by atoms with Crippen molar-refractivity contribution in [3.8, 4) is 0 Å². The maximum absolute atomic E-state index is 3.76. The molecular weight excluding hydrogens is 124 g/mol. The minimum Gasteiger partial charge on any atom is -0.190 e. The molecule has 0 aromatic carbocycles. The van der Waals surface area contributed by atoms with Crippen LogP contribution in [0.25, 0.3) is 4.96 Å². The number of fused-ring (bicyclic) bond motifs is 1. The number of aromatic nitrogens is 4. The summed E-state index contributed by atoms with van der Waals surface area (Å²) in [4.78, 5) is 0.782. The van der Waals surface area contributed by atoms with E-state index >= 15 is 0 Å². The summed E-state index contributed by atoms with van der Waals surface area (Å²) in [6.45, 7) is 0. The molecule has 0 saturated carbocycles. The average Bonchev–Trinajstić information content (AvgIpc) is 2.15. The molecule has 0 amide bonds. The molecule has 0 aliphatic heterocycles. The Labute approximate surface area is 48.8 Å². The van der Waals surface area contributed by atoms with Gasteiger partial charge in [-0.15, -0.1) is 10.2 Å². The fourth-order valence-corrected chi connectivity index (χ4v) is 0.940. The second kappa shape index (κ2) is 1.25. The van der Waals surface area contributed by atoms with Gasteiger partial charge in [-0.3, -0.25) is 0 Å². The lowest BCUT2D eigenvalue weighted by Gasteiger charge is -1.66. The van der Waals surface area contributed by atoms with Crippen LogP contribution < -0.4 is 0 Å². The van der Waals surface area contributed by atoms with E-state index in [-0.39, 0.29) is 0 Å². The first-order valence-corrected chi connectivity index (χ1v) is 2.81. The fourth-order valence-electron chi connectivity index (χ4n) is 0.460. The first-order chi connectivity index (χ1) is 3.97. The van der Waals surface area contributed by atoms with Crippen LogP contribution in [0.2, 0.25) is 0 Å². The van der Waals surface area contributed by atoms with Crippen LogP contribution in [0.15, 0.2) is 6.33 Å². The van der Waals surface area contributed by atoms with Crippen LogP contribution in [-0.4, -0.2) is 19.8 Å². The lowest BCUT2D eigenvalue weighted by Crippen LogP contribution is -1.75. The molecule has 8 heavy (non-hydrogen) atoms. The Morgan fingerprint density at radius 1 is 1.75 bits per heavy atom. The van der Waals surface area contributed by atoms with E-state index in [1.807, 2.05) is 0 Å². The Hall–Kier alpha value is -0.970. The molecule has 0 unspecified atom stereocenters. The third-order valence-corrected chi connectivity index (χ3v) is 1.41. The monoisotopic (exact) mass is 125 g/mol. The van der Waals surface area contributed by atoms with Crippen LogP contribution in [0.5, 0.6) is 0 Å². The van der Waals surface area contributed by atoms with Gasteiger partial charge in [-0.2, -0.15) is 9.61 Å². The lowest BCUT2D eigenvalue weighted by atomic mass is 11.3.